The van der Waals surface area contributed by atoms with Crippen LogP contribution in [0.15, 0.2) is 0 Å². The highest BCUT2D eigenvalue weighted by Crippen LogP contribution is 2.11. The fraction of sp³-hybridized carbons (Fsp3) is 0.917. The van der Waals surface area contributed by atoms with Gasteiger partial charge >= 0.3 is 0 Å². The van der Waals surface area contributed by atoms with Crippen LogP contribution in [0.4, 0.5) is 0 Å². The predicted molar refractivity (Wildman–Crippen MR) is 66.4 cm³/mol. The Kier molecular flexibility index (Phi) is 4.74. The predicted octanol–water partition coefficient (Wildman–Crippen LogP) is 0.396. The fourth-order valence-corrected chi connectivity index (χ4v) is 1.66. The highest BCUT2D eigenvalue weighted by Gasteiger charge is 2.21. The molecule has 0 atom stereocenters. The summed E-state index contributed by atoms with van der Waals surface area (Å²) in [4.78, 5) is 16.4. The number of carbonyl (C=O) groups excluding carboxylic acids is 1. The molecule has 4 nitrogen and oxygen atoms in total. The molecule has 0 radical (unpaired) electrons. The summed E-state index contributed by atoms with van der Waals surface area (Å²) in [5, 5.41) is 2.99. The Morgan fingerprint density at radius 1 is 1.19 bits per heavy atom. The largest absolute Gasteiger partial charge is 0.354 e. The van der Waals surface area contributed by atoms with Crippen molar-refractivity contribution in [3.05, 3.63) is 0 Å². The molecule has 1 N–H and O–H groups in total. The molecule has 0 aromatic heterocycles. The zero-order valence-corrected chi connectivity index (χ0v) is 11.0. The van der Waals surface area contributed by atoms with Crippen molar-refractivity contribution >= 4 is 5.91 Å². The van der Waals surface area contributed by atoms with E-state index in [2.05, 4.69) is 22.2 Å². The summed E-state index contributed by atoms with van der Waals surface area (Å²) in [5.41, 5.74) is -0.276. The second-order valence-electron chi connectivity index (χ2n) is 5.65. The van der Waals surface area contributed by atoms with Crippen molar-refractivity contribution in [1.82, 2.24) is 15.1 Å². The van der Waals surface area contributed by atoms with Gasteiger partial charge in [0.2, 0.25) is 5.91 Å². The van der Waals surface area contributed by atoms with E-state index in [-0.39, 0.29) is 11.3 Å². The van der Waals surface area contributed by atoms with E-state index in [1.54, 1.807) is 0 Å². The van der Waals surface area contributed by atoms with Crippen molar-refractivity contribution < 1.29 is 4.79 Å². The molecule has 1 aliphatic heterocycles. The van der Waals surface area contributed by atoms with Gasteiger partial charge in [-0.15, -0.1) is 0 Å². The molecule has 0 bridgehead atoms. The van der Waals surface area contributed by atoms with Crippen LogP contribution in [0, 0.1) is 5.41 Å². The summed E-state index contributed by atoms with van der Waals surface area (Å²) in [7, 11) is 2.15. The summed E-state index contributed by atoms with van der Waals surface area (Å²) in [6.45, 7) is 12.0. The number of carbonyl (C=O) groups is 1. The molecule has 0 spiro atoms. The molecule has 0 saturated carbocycles. The summed E-state index contributed by atoms with van der Waals surface area (Å²) in [6.07, 6.45) is 0. The second-order valence-corrected chi connectivity index (χ2v) is 5.65. The topological polar surface area (TPSA) is 35.6 Å². The van der Waals surface area contributed by atoms with E-state index in [0.29, 0.717) is 0 Å². The normalized spacial score (nSPS) is 19.8. The molecule has 0 unspecified atom stereocenters. The number of nitrogens with zero attached hydrogens (tertiary/aromatic N) is 2. The van der Waals surface area contributed by atoms with E-state index in [9.17, 15) is 4.79 Å². The maximum atomic E-state index is 11.6. The van der Waals surface area contributed by atoms with Gasteiger partial charge in [0, 0.05) is 44.7 Å². The molecule has 94 valence electrons. The molecule has 1 rings (SSSR count). The van der Waals surface area contributed by atoms with Crippen molar-refractivity contribution in [2.75, 3.05) is 46.3 Å². The molecule has 1 saturated heterocycles. The van der Waals surface area contributed by atoms with Crippen LogP contribution in [-0.4, -0.2) is 62.0 Å². The number of piperazine rings is 1. The minimum atomic E-state index is -0.276. The van der Waals surface area contributed by atoms with E-state index in [0.717, 1.165) is 39.3 Å². The lowest BCUT2D eigenvalue weighted by atomic mass is 9.96. The first kappa shape index (κ1) is 13.5. The lowest BCUT2D eigenvalue weighted by Crippen LogP contribution is -2.47. The Bertz CT molecular complexity index is 227. The number of hydrogen-bond acceptors (Lipinski definition) is 3. The monoisotopic (exact) mass is 227 g/mol. The van der Waals surface area contributed by atoms with E-state index in [4.69, 9.17) is 0 Å². The van der Waals surface area contributed by atoms with Crippen molar-refractivity contribution in [2.45, 2.75) is 20.8 Å². The van der Waals surface area contributed by atoms with Gasteiger partial charge in [0.15, 0.2) is 0 Å². The van der Waals surface area contributed by atoms with E-state index in [1.165, 1.54) is 0 Å². The number of rotatable bonds is 3. The number of nitrogens with one attached hydrogen (secondary N) is 1. The van der Waals surface area contributed by atoms with Gasteiger partial charge in [-0.1, -0.05) is 20.8 Å². The Morgan fingerprint density at radius 3 is 2.25 bits per heavy atom. The average Bonchev–Trinajstić information content (AvgIpc) is 2.19. The van der Waals surface area contributed by atoms with E-state index in [1.807, 2.05) is 20.8 Å². The van der Waals surface area contributed by atoms with Crippen LogP contribution in [0.1, 0.15) is 20.8 Å². The highest BCUT2D eigenvalue weighted by atomic mass is 16.2. The fourth-order valence-electron chi connectivity index (χ4n) is 1.66. The molecule has 1 fully saturated rings. The number of amides is 1. The highest BCUT2D eigenvalue weighted by molar-refractivity contribution is 5.81. The van der Waals surface area contributed by atoms with E-state index >= 15 is 0 Å². The number of likely N-dealkylation sites (N-methyl/N-ethyl adjacent to an activating group) is 1. The van der Waals surface area contributed by atoms with Crippen LogP contribution in [0.25, 0.3) is 0 Å². The molecule has 1 amide bonds. The Balaban J connectivity index is 2.14. The smallest absolute Gasteiger partial charge is 0.225 e. The average molecular weight is 227 g/mol. The Morgan fingerprint density at radius 2 is 1.75 bits per heavy atom. The summed E-state index contributed by atoms with van der Waals surface area (Å²) >= 11 is 0. The van der Waals surface area contributed by atoms with Crippen LogP contribution >= 0.6 is 0 Å². The van der Waals surface area contributed by atoms with Crippen LogP contribution in [0.5, 0.6) is 0 Å². The zero-order valence-electron chi connectivity index (χ0n) is 11.0. The second kappa shape index (κ2) is 5.64. The third-order valence-corrected chi connectivity index (χ3v) is 2.99. The molecule has 4 heteroatoms. The summed E-state index contributed by atoms with van der Waals surface area (Å²) < 4.78 is 0. The molecule has 0 aromatic carbocycles. The van der Waals surface area contributed by atoms with Gasteiger partial charge in [0.05, 0.1) is 0 Å². The number of hydrogen-bond donors (Lipinski definition) is 1. The molecule has 0 aromatic rings. The van der Waals surface area contributed by atoms with Gasteiger partial charge in [-0.25, -0.2) is 0 Å². The summed E-state index contributed by atoms with van der Waals surface area (Å²) in [5.74, 6) is 0.140. The molecular formula is C12H25N3O. The first-order valence-electron chi connectivity index (χ1n) is 6.09. The first-order valence-corrected chi connectivity index (χ1v) is 6.09. The van der Waals surface area contributed by atoms with Crippen LogP contribution in [0.3, 0.4) is 0 Å². The molecule has 0 aliphatic carbocycles. The SMILES string of the molecule is CN1CCN(CCNC(=O)C(C)(C)C)CC1. The Hall–Kier alpha value is -0.610. The Labute approximate surface area is 99.0 Å². The quantitative estimate of drug-likeness (QED) is 0.758. The van der Waals surface area contributed by atoms with Crippen molar-refractivity contribution in [3.63, 3.8) is 0 Å². The molecule has 1 heterocycles. The first-order chi connectivity index (χ1) is 7.39. The lowest BCUT2D eigenvalue weighted by molar-refractivity contribution is -0.128. The minimum Gasteiger partial charge on any atom is -0.354 e. The van der Waals surface area contributed by atoms with Gasteiger partial charge in [-0.05, 0) is 7.05 Å². The molecular weight excluding hydrogens is 202 g/mol. The summed E-state index contributed by atoms with van der Waals surface area (Å²) in [6, 6.07) is 0. The van der Waals surface area contributed by atoms with Gasteiger partial charge in [-0.2, -0.15) is 0 Å². The van der Waals surface area contributed by atoms with Gasteiger partial charge in [-0.3, -0.25) is 9.69 Å². The third kappa shape index (κ3) is 4.49. The van der Waals surface area contributed by atoms with Crippen LogP contribution in [0.2, 0.25) is 0 Å². The third-order valence-electron chi connectivity index (χ3n) is 2.99. The van der Waals surface area contributed by atoms with Gasteiger partial charge < -0.3 is 10.2 Å². The molecule has 16 heavy (non-hydrogen) atoms. The van der Waals surface area contributed by atoms with Crippen LogP contribution in [-0.2, 0) is 4.79 Å². The van der Waals surface area contributed by atoms with Crippen molar-refractivity contribution in [3.8, 4) is 0 Å². The molecule has 1 aliphatic rings. The standard InChI is InChI=1S/C12H25N3O/c1-12(2,3)11(16)13-5-6-15-9-7-14(4)8-10-15/h5-10H2,1-4H3,(H,13,16). The zero-order chi connectivity index (χ0) is 12.2. The van der Waals surface area contributed by atoms with Crippen molar-refractivity contribution in [2.24, 2.45) is 5.41 Å². The van der Waals surface area contributed by atoms with Gasteiger partial charge in [0.25, 0.3) is 0 Å². The maximum absolute atomic E-state index is 11.6. The van der Waals surface area contributed by atoms with E-state index < -0.39 is 0 Å². The maximum Gasteiger partial charge on any atom is 0.225 e. The lowest BCUT2D eigenvalue weighted by Gasteiger charge is -2.32. The van der Waals surface area contributed by atoms with Gasteiger partial charge in [0.1, 0.15) is 0 Å². The minimum absolute atomic E-state index is 0.140. The van der Waals surface area contributed by atoms with Crippen molar-refractivity contribution in [1.29, 1.82) is 0 Å². The van der Waals surface area contributed by atoms with Crippen LogP contribution < -0.4 is 5.32 Å².